The van der Waals surface area contributed by atoms with Crippen LogP contribution in [0.25, 0.3) is 0 Å². The van der Waals surface area contributed by atoms with Crippen molar-refractivity contribution in [2.24, 2.45) is 0 Å². The molecule has 0 fully saturated rings. The second-order valence-electron chi connectivity index (χ2n) is 3.79. The molecule has 1 atom stereocenters. The summed E-state index contributed by atoms with van der Waals surface area (Å²) in [5, 5.41) is 0. The zero-order valence-electron chi connectivity index (χ0n) is 10.7. The molecule has 1 aromatic rings. The van der Waals surface area contributed by atoms with Crippen LogP contribution in [0.15, 0.2) is 29.2 Å². The van der Waals surface area contributed by atoms with E-state index >= 15 is 0 Å². The van der Waals surface area contributed by atoms with Crippen LogP contribution in [0.1, 0.15) is 24.0 Å². The number of hydrogen-bond acceptors (Lipinski definition) is 3. The summed E-state index contributed by atoms with van der Waals surface area (Å²) >= 11 is 0. The first-order chi connectivity index (χ1) is 8.63. The largest absolute Gasteiger partial charge is 0.464 e. The summed E-state index contributed by atoms with van der Waals surface area (Å²) in [6.45, 7) is 5.69. The molecule has 0 saturated carbocycles. The topological polar surface area (TPSA) is 42.7 Å². The Labute approximate surface area is 107 Å². The Morgan fingerprint density at radius 3 is 2.89 bits per heavy atom. The van der Waals surface area contributed by atoms with Gasteiger partial charge in [-0.25, -0.2) is 4.79 Å². The number of terminal acetylenes is 1. The molecule has 0 saturated heterocycles. The Morgan fingerprint density at radius 2 is 2.44 bits per heavy atom. The van der Waals surface area contributed by atoms with Crippen molar-refractivity contribution in [3.05, 3.63) is 36.3 Å². The van der Waals surface area contributed by atoms with Crippen LogP contribution in [0, 0.1) is 19.3 Å². The molecule has 1 unspecified atom stereocenters. The molecule has 0 aromatic carbocycles. The van der Waals surface area contributed by atoms with E-state index in [1.165, 1.54) is 12.0 Å². The van der Waals surface area contributed by atoms with Gasteiger partial charge in [-0.05, 0) is 25.5 Å². The predicted octanol–water partition coefficient (Wildman–Crippen LogP) is 2.91. The summed E-state index contributed by atoms with van der Waals surface area (Å²) in [7, 11) is 1.32. The lowest BCUT2D eigenvalue weighted by molar-refractivity contribution is 0.106. The summed E-state index contributed by atoms with van der Waals surface area (Å²) in [5.41, 5.74) is 0. The van der Waals surface area contributed by atoms with Gasteiger partial charge in [-0.2, -0.15) is 0 Å². The van der Waals surface area contributed by atoms with Gasteiger partial charge in [0.05, 0.1) is 19.7 Å². The predicted molar refractivity (Wildman–Crippen MR) is 68.9 cm³/mol. The number of hydrogen-bond donors (Lipinski definition) is 0. The van der Waals surface area contributed by atoms with Gasteiger partial charge in [0.1, 0.15) is 11.5 Å². The highest BCUT2D eigenvalue weighted by Gasteiger charge is 2.26. The lowest BCUT2D eigenvalue weighted by Gasteiger charge is -2.26. The van der Waals surface area contributed by atoms with Crippen LogP contribution in [0.4, 0.5) is 4.79 Å². The summed E-state index contributed by atoms with van der Waals surface area (Å²) in [5.74, 6) is 3.90. The molecular weight excluding hydrogens is 230 g/mol. The fourth-order valence-electron chi connectivity index (χ4n) is 1.70. The number of nitrogens with zero attached hydrogens (tertiary/aromatic N) is 1. The normalized spacial score (nSPS) is 11.4. The van der Waals surface area contributed by atoms with Crippen LogP contribution >= 0.6 is 0 Å². The molecule has 0 spiro atoms. The van der Waals surface area contributed by atoms with Gasteiger partial charge < -0.3 is 9.15 Å². The molecule has 1 aromatic heterocycles. The summed E-state index contributed by atoms with van der Waals surface area (Å²) in [6.07, 6.45) is 7.07. The monoisotopic (exact) mass is 247 g/mol. The van der Waals surface area contributed by atoms with E-state index in [0.717, 1.165) is 5.76 Å². The number of aryl methyl sites for hydroxylation is 1. The van der Waals surface area contributed by atoms with Gasteiger partial charge in [-0.15, -0.1) is 13.0 Å². The molecular formula is C14H17NO3. The second kappa shape index (κ2) is 6.55. The van der Waals surface area contributed by atoms with Crippen LogP contribution < -0.4 is 0 Å². The minimum atomic E-state index is -0.478. The van der Waals surface area contributed by atoms with Gasteiger partial charge in [-0.1, -0.05) is 12.0 Å². The Bertz CT molecular complexity index is 456. The minimum absolute atomic E-state index is 0.158. The average Bonchev–Trinajstić information content (AvgIpc) is 2.79. The molecule has 0 aliphatic rings. The van der Waals surface area contributed by atoms with E-state index in [0.29, 0.717) is 12.2 Å². The van der Waals surface area contributed by atoms with Crippen LogP contribution in [-0.4, -0.2) is 24.6 Å². The zero-order chi connectivity index (χ0) is 13.5. The van der Waals surface area contributed by atoms with Crippen LogP contribution in [0.2, 0.25) is 0 Å². The average molecular weight is 247 g/mol. The van der Waals surface area contributed by atoms with E-state index in [-0.39, 0.29) is 12.6 Å². The summed E-state index contributed by atoms with van der Waals surface area (Å²) < 4.78 is 10.3. The second-order valence-corrected chi connectivity index (χ2v) is 3.79. The maximum absolute atomic E-state index is 11.7. The van der Waals surface area contributed by atoms with Crippen LogP contribution in [0.3, 0.4) is 0 Å². The number of carbonyl (C=O) groups is 1. The third kappa shape index (κ3) is 3.17. The van der Waals surface area contributed by atoms with Crippen LogP contribution in [0.5, 0.6) is 0 Å². The SMILES string of the molecule is C#CCN(C(=O)OC)C(CC=C)c1ccc(C)o1. The summed E-state index contributed by atoms with van der Waals surface area (Å²) in [4.78, 5) is 13.2. The molecule has 1 heterocycles. The Kier molecular flexibility index (Phi) is 5.06. The number of ether oxygens (including phenoxy) is 1. The molecule has 4 heteroatoms. The number of methoxy groups -OCH3 is 1. The zero-order valence-corrected chi connectivity index (χ0v) is 10.7. The van der Waals surface area contributed by atoms with Crippen molar-refractivity contribution in [3.63, 3.8) is 0 Å². The molecule has 0 aliphatic carbocycles. The van der Waals surface area contributed by atoms with Gasteiger partial charge in [-0.3, -0.25) is 4.90 Å². The van der Waals surface area contributed by atoms with Crippen molar-refractivity contribution in [1.29, 1.82) is 0 Å². The van der Waals surface area contributed by atoms with Crippen molar-refractivity contribution in [2.75, 3.05) is 13.7 Å². The minimum Gasteiger partial charge on any atom is -0.464 e. The quantitative estimate of drug-likeness (QED) is 0.593. The Morgan fingerprint density at radius 1 is 1.72 bits per heavy atom. The molecule has 0 N–H and O–H groups in total. The highest BCUT2D eigenvalue weighted by atomic mass is 16.5. The molecule has 96 valence electrons. The van der Waals surface area contributed by atoms with E-state index in [2.05, 4.69) is 12.5 Å². The van der Waals surface area contributed by atoms with Gasteiger partial charge in [0.15, 0.2) is 0 Å². The molecule has 4 nitrogen and oxygen atoms in total. The van der Waals surface area contributed by atoms with E-state index in [9.17, 15) is 4.79 Å². The first-order valence-corrected chi connectivity index (χ1v) is 5.59. The number of rotatable bonds is 5. The van der Waals surface area contributed by atoms with E-state index in [4.69, 9.17) is 15.6 Å². The van der Waals surface area contributed by atoms with Gasteiger partial charge in [0, 0.05) is 0 Å². The van der Waals surface area contributed by atoms with Gasteiger partial charge >= 0.3 is 6.09 Å². The summed E-state index contributed by atoms with van der Waals surface area (Å²) in [6, 6.07) is 3.38. The van der Waals surface area contributed by atoms with E-state index < -0.39 is 6.09 Å². The third-order valence-electron chi connectivity index (χ3n) is 2.53. The van der Waals surface area contributed by atoms with E-state index in [1.54, 1.807) is 6.08 Å². The van der Waals surface area contributed by atoms with Gasteiger partial charge in [0.2, 0.25) is 0 Å². The fraction of sp³-hybridized carbons (Fsp3) is 0.357. The van der Waals surface area contributed by atoms with Crippen molar-refractivity contribution in [3.8, 4) is 12.3 Å². The fourth-order valence-corrected chi connectivity index (χ4v) is 1.70. The molecule has 1 amide bonds. The Hall–Kier alpha value is -2.15. The van der Waals surface area contributed by atoms with Crippen LogP contribution in [-0.2, 0) is 4.74 Å². The lowest BCUT2D eigenvalue weighted by atomic mass is 10.1. The van der Waals surface area contributed by atoms with Crippen molar-refractivity contribution < 1.29 is 13.9 Å². The Balaban J connectivity index is 3.04. The van der Waals surface area contributed by atoms with Crippen molar-refractivity contribution >= 4 is 6.09 Å². The lowest BCUT2D eigenvalue weighted by Crippen LogP contribution is -2.34. The van der Waals surface area contributed by atoms with Gasteiger partial charge in [0.25, 0.3) is 0 Å². The maximum atomic E-state index is 11.7. The molecule has 18 heavy (non-hydrogen) atoms. The highest BCUT2D eigenvalue weighted by Crippen LogP contribution is 2.26. The maximum Gasteiger partial charge on any atom is 0.410 e. The van der Waals surface area contributed by atoms with Crippen molar-refractivity contribution in [2.45, 2.75) is 19.4 Å². The van der Waals surface area contributed by atoms with Crippen molar-refractivity contribution in [1.82, 2.24) is 4.90 Å². The number of furan rings is 1. The smallest absolute Gasteiger partial charge is 0.410 e. The molecule has 0 aliphatic heterocycles. The number of amides is 1. The standard InChI is InChI=1S/C14H17NO3/c1-5-7-12(13-9-8-11(3)18-13)15(10-6-2)14(16)17-4/h2,5,8-9,12H,1,7,10H2,3-4H3. The number of carbonyl (C=O) groups excluding carboxylic acids is 1. The third-order valence-corrected chi connectivity index (χ3v) is 2.53. The molecule has 0 bridgehead atoms. The molecule has 1 rings (SSSR count). The molecule has 0 radical (unpaired) electrons. The van der Waals surface area contributed by atoms with E-state index in [1.807, 2.05) is 19.1 Å². The first kappa shape index (κ1) is 13.9. The highest BCUT2D eigenvalue weighted by molar-refractivity contribution is 5.68. The first-order valence-electron chi connectivity index (χ1n) is 5.59.